The third-order valence-electron chi connectivity index (χ3n) is 3.72. The molecule has 0 unspecified atom stereocenters. The van der Waals surface area contributed by atoms with Crippen LogP contribution in [0.1, 0.15) is 0 Å². The van der Waals surface area contributed by atoms with Gasteiger partial charge in [-0.05, 0) is 36.4 Å². The number of nitrogens with zero attached hydrogens (tertiary/aromatic N) is 4. The molecule has 0 aliphatic heterocycles. The third kappa shape index (κ3) is 5.62. The average molecular weight is 428 g/mol. The van der Waals surface area contributed by atoms with Gasteiger partial charge < -0.3 is 15.5 Å². The smallest absolute Gasteiger partial charge is 0.326 e. The Morgan fingerprint density at radius 2 is 1.50 bits per heavy atom. The molecule has 0 spiro atoms. The number of hydrogen-bond donors (Lipinski definition) is 4. The number of amides is 2. The number of hydrogen-bond acceptors (Lipinski definition) is 8. The van der Waals surface area contributed by atoms with Gasteiger partial charge in [-0.2, -0.15) is 15.0 Å². The Kier molecular flexibility index (Phi) is 6.09. The Morgan fingerprint density at radius 3 is 2.10 bits per heavy atom. The molecule has 3 rings (SSSR count). The van der Waals surface area contributed by atoms with Gasteiger partial charge in [0.25, 0.3) is 0 Å². The van der Waals surface area contributed by atoms with Crippen LogP contribution in [0.5, 0.6) is 0 Å². The van der Waals surface area contributed by atoms with Crippen molar-refractivity contribution >= 4 is 45.3 Å². The highest BCUT2D eigenvalue weighted by molar-refractivity contribution is 7.89. The molecule has 5 N–H and O–H groups in total. The van der Waals surface area contributed by atoms with Crippen LogP contribution in [0.15, 0.2) is 59.5 Å². The van der Waals surface area contributed by atoms with Crippen molar-refractivity contribution in [3.63, 3.8) is 0 Å². The Balaban J connectivity index is 1.75. The number of carbonyl (C=O) groups excluding carboxylic acids is 1. The molecule has 1 heterocycles. The Morgan fingerprint density at radius 1 is 0.867 bits per heavy atom. The van der Waals surface area contributed by atoms with E-state index in [4.69, 9.17) is 5.14 Å². The molecule has 1 aromatic heterocycles. The minimum atomic E-state index is -3.81. The molecule has 2 amide bonds. The fourth-order valence-corrected chi connectivity index (χ4v) is 2.83. The highest BCUT2D eigenvalue weighted by atomic mass is 32.2. The summed E-state index contributed by atoms with van der Waals surface area (Å²) in [5, 5.41) is 13.2. The van der Waals surface area contributed by atoms with Crippen LogP contribution >= 0.6 is 0 Å². The number of rotatable bonds is 6. The Bertz CT molecular complexity index is 1140. The summed E-state index contributed by atoms with van der Waals surface area (Å²) in [5.41, 5.74) is 1.14. The SMILES string of the molecule is CN(C)c1nc(NC(=O)Nc2ccc(S(N)(=O)=O)cc2)nc(Nc2ccccc2)n1. The number of nitrogens with one attached hydrogen (secondary N) is 3. The lowest BCUT2D eigenvalue weighted by Crippen LogP contribution is -2.23. The summed E-state index contributed by atoms with van der Waals surface area (Å²) >= 11 is 0. The maximum atomic E-state index is 12.3. The van der Waals surface area contributed by atoms with Gasteiger partial charge in [-0.25, -0.2) is 18.4 Å². The largest absolute Gasteiger partial charge is 0.347 e. The fourth-order valence-electron chi connectivity index (χ4n) is 2.32. The predicted molar refractivity (Wildman–Crippen MR) is 114 cm³/mol. The normalized spacial score (nSPS) is 10.9. The molecule has 0 fully saturated rings. The van der Waals surface area contributed by atoms with Gasteiger partial charge in [0, 0.05) is 25.5 Å². The van der Waals surface area contributed by atoms with E-state index in [9.17, 15) is 13.2 Å². The molecule has 11 nitrogen and oxygen atoms in total. The van der Waals surface area contributed by atoms with E-state index >= 15 is 0 Å². The zero-order chi connectivity index (χ0) is 21.7. The molecular formula is C18H20N8O3S. The molecule has 12 heteroatoms. The molecule has 0 bridgehead atoms. The van der Waals surface area contributed by atoms with Crippen molar-refractivity contribution < 1.29 is 13.2 Å². The van der Waals surface area contributed by atoms with Crippen LogP contribution in [-0.2, 0) is 10.0 Å². The zero-order valence-electron chi connectivity index (χ0n) is 16.2. The van der Waals surface area contributed by atoms with E-state index in [0.29, 0.717) is 11.6 Å². The van der Waals surface area contributed by atoms with E-state index < -0.39 is 16.1 Å². The first-order chi connectivity index (χ1) is 14.2. The van der Waals surface area contributed by atoms with Gasteiger partial charge in [0.15, 0.2) is 0 Å². The maximum Gasteiger partial charge on any atom is 0.326 e. The molecule has 3 aromatic rings. The number of urea groups is 1. The number of para-hydroxylation sites is 1. The molecule has 30 heavy (non-hydrogen) atoms. The Labute approximate surface area is 173 Å². The van der Waals surface area contributed by atoms with Crippen molar-refractivity contribution in [1.82, 2.24) is 15.0 Å². The first kappa shape index (κ1) is 21.0. The predicted octanol–water partition coefficient (Wildman–Crippen LogP) is 1.97. The molecule has 0 radical (unpaired) electrons. The average Bonchev–Trinajstić information content (AvgIpc) is 2.68. The maximum absolute atomic E-state index is 12.3. The number of anilines is 5. The van der Waals surface area contributed by atoms with E-state index in [2.05, 4.69) is 30.9 Å². The highest BCUT2D eigenvalue weighted by Gasteiger charge is 2.12. The minimum absolute atomic E-state index is 0.0331. The van der Waals surface area contributed by atoms with E-state index in [1.807, 2.05) is 30.3 Å². The third-order valence-corrected chi connectivity index (χ3v) is 4.65. The second-order valence-corrected chi connectivity index (χ2v) is 7.88. The minimum Gasteiger partial charge on any atom is -0.347 e. The highest BCUT2D eigenvalue weighted by Crippen LogP contribution is 2.17. The Hall–Kier alpha value is -3.77. The first-order valence-electron chi connectivity index (χ1n) is 8.67. The van der Waals surface area contributed by atoms with E-state index in [0.717, 1.165) is 5.69 Å². The number of benzene rings is 2. The van der Waals surface area contributed by atoms with Crippen LogP contribution in [0.4, 0.5) is 34.0 Å². The van der Waals surface area contributed by atoms with Gasteiger partial charge in [0.05, 0.1) is 4.90 Å². The van der Waals surface area contributed by atoms with Gasteiger partial charge in [0.2, 0.25) is 27.9 Å². The first-order valence-corrected chi connectivity index (χ1v) is 10.2. The molecule has 0 saturated heterocycles. The van der Waals surface area contributed by atoms with Crippen molar-refractivity contribution in [3.05, 3.63) is 54.6 Å². The van der Waals surface area contributed by atoms with E-state index in [1.165, 1.54) is 24.3 Å². The summed E-state index contributed by atoms with van der Waals surface area (Å²) in [6.07, 6.45) is 0. The van der Waals surface area contributed by atoms with Crippen LogP contribution < -0.4 is 26.0 Å². The topological polar surface area (TPSA) is 155 Å². The summed E-state index contributed by atoms with van der Waals surface area (Å²) < 4.78 is 22.6. The van der Waals surface area contributed by atoms with Gasteiger partial charge in [-0.3, -0.25) is 5.32 Å². The fraction of sp³-hybridized carbons (Fsp3) is 0.111. The number of primary sulfonamides is 1. The van der Waals surface area contributed by atoms with E-state index in [-0.39, 0.29) is 16.8 Å². The molecule has 0 saturated carbocycles. The summed E-state index contributed by atoms with van der Waals surface area (Å²) in [4.78, 5) is 26.6. The van der Waals surface area contributed by atoms with Gasteiger partial charge >= 0.3 is 6.03 Å². The number of carbonyl (C=O) groups is 1. The number of aromatic nitrogens is 3. The van der Waals surface area contributed by atoms with Crippen molar-refractivity contribution in [2.75, 3.05) is 34.9 Å². The summed E-state index contributed by atoms with van der Waals surface area (Å²) in [6.45, 7) is 0. The lowest BCUT2D eigenvalue weighted by Gasteiger charge is -2.14. The van der Waals surface area contributed by atoms with Crippen LogP contribution in [0, 0.1) is 0 Å². The van der Waals surface area contributed by atoms with Crippen LogP contribution in [0.3, 0.4) is 0 Å². The van der Waals surface area contributed by atoms with Crippen molar-refractivity contribution in [2.45, 2.75) is 4.90 Å². The molecule has 0 aliphatic rings. The lowest BCUT2D eigenvalue weighted by atomic mass is 10.3. The second-order valence-electron chi connectivity index (χ2n) is 6.32. The zero-order valence-corrected chi connectivity index (χ0v) is 17.0. The quantitative estimate of drug-likeness (QED) is 0.464. The van der Waals surface area contributed by atoms with Gasteiger partial charge in [0.1, 0.15) is 0 Å². The van der Waals surface area contributed by atoms with Crippen LogP contribution in [0.2, 0.25) is 0 Å². The molecule has 0 aliphatic carbocycles. The lowest BCUT2D eigenvalue weighted by molar-refractivity contribution is 0.262. The summed E-state index contributed by atoms with van der Waals surface area (Å²) in [7, 11) is -0.282. The van der Waals surface area contributed by atoms with Crippen molar-refractivity contribution in [3.8, 4) is 0 Å². The number of nitrogens with two attached hydrogens (primary N) is 1. The van der Waals surface area contributed by atoms with Gasteiger partial charge in [-0.15, -0.1) is 0 Å². The molecule has 0 atom stereocenters. The van der Waals surface area contributed by atoms with Crippen molar-refractivity contribution in [1.29, 1.82) is 0 Å². The van der Waals surface area contributed by atoms with Crippen molar-refractivity contribution in [2.24, 2.45) is 5.14 Å². The van der Waals surface area contributed by atoms with E-state index in [1.54, 1.807) is 19.0 Å². The van der Waals surface area contributed by atoms with Crippen LogP contribution in [-0.4, -0.2) is 43.5 Å². The monoisotopic (exact) mass is 428 g/mol. The molecule has 156 valence electrons. The second kappa shape index (κ2) is 8.71. The molecular weight excluding hydrogens is 408 g/mol. The summed E-state index contributed by atoms with van der Waals surface area (Å²) in [6, 6.07) is 14.1. The summed E-state index contributed by atoms with van der Waals surface area (Å²) in [5.74, 6) is 0.634. The molecule has 2 aromatic carbocycles. The van der Waals surface area contributed by atoms with Gasteiger partial charge in [-0.1, -0.05) is 18.2 Å². The number of sulfonamides is 1. The standard InChI is InChI=1S/C18H20N8O3S/c1-26(2)17-23-15(20-12-6-4-3-5-7-12)22-16(24-17)25-18(27)21-13-8-10-14(11-9-13)30(19,28)29/h3-11H,1-2H3,(H2,19,28,29)(H3,20,21,22,23,24,25,27). The van der Waals surface area contributed by atoms with Crippen LogP contribution in [0.25, 0.3) is 0 Å².